The smallest absolute Gasteiger partial charge is 0.337 e. The van der Waals surface area contributed by atoms with Crippen LogP contribution in [0.2, 0.25) is 0 Å². The molecule has 1 amide bonds. The van der Waals surface area contributed by atoms with Crippen LogP contribution in [0.1, 0.15) is 18.7 Å². The maximum absolute atomic E-state index is 12.0. The van der Waals surface area contributed by atoms with Crippen LogP contribution in [0, 0.1) is 0 Å². The molecule has 2 rings (SSSR count). The molecule has 2 N–H and O–H groups in total. The first-order valence-corrected chi connectivity index (χ1v) is 6.84. The SMILES string of the molecule is [2H]COc1ccc(C=CC(=O)Nc2ccccc2C(=O)O)cc1OC[2H]. The van der Waals surface area contributed by atoms with Gasteiger partial charge in [0.2, 0.25) is 5.91 Å². The van der Waals surface area contributed by atoms with Crippen molar-refractivity contribution >= 4 is 23.6 Å². The zero-order chi connectivity index (χ0) is 18.9. The van der Waals surface area contributed by atoms with E-state index in [1.807, 2.05) is 0 Å². The van der Waals surface area contributed by atoms with Gasteiger partial charge in [0.1, 0.15) is 0 Å². The van der Waals surface area contributed by atoms with Crippen molar-refractivity contribution < 1.29 is 26.9 Å². The molecule has 0 saturated carbocycles. The average molecular weight is 329 g/mol. The number of benzene rings is 2. The molecule has 6 nitrogen and oxygen atoms in total. The number of aromatic carboxylic acids is 1. The standard InChI is InChI=1S/C18H17NO5/c1-23-15-9-7-12(11-16(15)24-2)8-10-17(20)19-14-6-4-3-5-13(14)18(21)22/h3-11H,1-2H3,(H,19,20)(H,21,22)/i1D,2D. The van der Waals surface area contributed by atoms with Gasteiger partial charge < -0.3 is 19.9 Å². The zero-order valence-electron chi connectivity index (χ0n) is 14.7. The maximum Gasteiger partial charge on any atom is 0.337 e. The fourth-order valence-corrected chi connectivity index (χ4v) is 1.99. The van der Waals surface area contributed by atoms with E-state index in [4.69, 9.17) is 17.3 Å². The normalized spacial score (nSPS) is 11.5. The van der Waals surface area contributed by atoms with Gasteiger partial charge in [-0.1, -0.05) is 18.2 Å². The predicted molar refractivity (Wildman–Crippen MR) is 90.6 cm³/mol. The molecule has 2 aromatic rings. The Labute approximate surface area is 142 Å². The molecule has 0 atom stereocenters. The lowest BCUT2D eigenvalue weighted by Gasteiger charge is -2.08. The van der Waals surface area contributed by atoms with E-state index in [-0.39, 0.29) is 25.4 Å². The molecule has 24 heavy (non-hydrogen) atoms. The Hall–Kier alpha value is -3.28. The van der Waals surface area contributed by atoms with Crippen molar-refractivity contribution in [3.05, 3.63) is 59.7 Å². The Morgan fingerprint density at radius 3 is 2.62 bits per heavy atom. The molecule has 124 valence electrons. The maximum atomic E-state index is 12.0. The summed E-state index contributed by atoms with van der Waals surface area (Å²) in [4.78, 5) is 23.2. The van der Waals surface area contributed by atoms with Crippen molar-refractivity contribution in [1.29, 1.82) is 0 Å². The van der Waals surface area contributed by atoms with Gasteiger partial charge in [-0.25, -0.2) is 4.79 Å². The number of carboxylic acid groups (broad SMARTS) is 1. The first kappa shape index (κ1) is 14.3. The van der Waals surface area contributed by atoms with Gasteiger partial charge in [0.25, 0.3) is 0 Å². The number of para-hydroxylation sites is 1. The summed E-state index contributed by atoms with van der Waals surface area (Å²) in [5.74, 6) is -0.990. The Morgan fingerprint density at radius 2 is 1.88 bits per heavy atom. The van der Waals surface area contributed by atoms with Crippen LogP contribution in [0.3, 0.4) is 0 Å². The molecule has 0 aliphatic rings. The molecule has 0 radical (unpaired) electrons. The Kier molecular flexibility index (Phi) is 4.67. The molecular weight excluding hydrogens is 310 g/mol. The minimum absolute atomic E-state index is 0.00252. The number of amides is 1. The van der Waals surface area contributed by atoms with Gasteiger partial charge in [-0.05, 0) is 35.9 Å². The number of methoxy groups -OCH3 is 2. The van der Waals surface area contributed by atoms with Gasteiger partial charge in [0, 0.05) is 6.08 Å². The van der Waals surface area contributed by atoms with Crippen LogP contribution in [-0.4, -0.2) is 31.2 Å². The first-order valence-electron chi connectivity index (χ1n) is 8.26. The molecule has 2 aromatic carbocycles. The Bertz CT molecular complexity index is 823. The van der Waals surface area contributed by atoms with Gasteiger partial charge in [0.15, 0.2) is 11.5 Å². The van der Waals surface area contributed by atoms with E-state index in [1.165, 1.54) is 24.3 Å². The van der Waals surface area contributed by atoms with Gasteiger partial charge in [-0.15, -0.1) is 0 Å². The lowest BCUT2D eigenvalue weighted by Crippen LogP contribution is -2.11. The fourth-order valence-electron chi connectivity index (χ4n) is 1.99. The summed E-state index contributed by atoms with van der Waals surface area (Å²) in [6.07, 6.45) is 2.77. The number of anilines is 1. The molecule has 0 bridgehead atoms. The van der Waals surface area contributed by atoms with Crippen LogP contribution in [-0.2, 0) is 4.79 Å². The largest absolute Gasteiger partial charge is 0.493 e. The molecule has 0 fully saturated rings. The van der Waals surface area contributed by atoms with Gasteiger partial charge in [-0.3, -0.25) is 4.79 Å². The first-order chi connectivity index (χ1) is 12.5. The van der Waals surface area contributed by atoms with E-state index in [2.05, 4.69) is 5.32 Å². The molecule has 0 aromatic heterocycles. The highest BCUT2D eigenvalue weighted by Crippen LogP contribution is 2.28. The second-order valence-corrected chi connectivity index (χ2v) is 4.67. The summed E-state index contributed by atoms with van der Waals surface area (Å²) >= 11 is 0. The molecule has 6 heteroatoms. The van der Waals surface area contributed by atoms with Crippen molar-refractivity contribution in [2.24, 2.45) is 0 Å². The third-order valence-electron chi connectivity index (χ3n) is 3.12. The molecule has 0 spiro atoms. The highest BCUT2D eigenvalue weighted by molar-refractivity contribution is 6.06. The fraction of sp³-hybridized carbons (Fsp3) is 0.111. The second-order valence-electron chi connectivity index (χ2n) is 4.67. The third-order valence-corrected chi connectivity index (χ3v) is 3.12. The van der Waals surface area contributed by atoms with Crippen LogP contribution in [0.5, 0.6) is 11.5 Å². The lowest BCUT2D eigenvalue weighted by atomic mass is 10.1. The molecular formula is C18H17NO5. The monoisotopic (exact) mass is 329 g/mol. The highest BCUT2D eigenvalue weighted by Gasteiger charge is 2.10. The number of hydrogen-bond donors (Lipinski definition) is 2. The van der Waals surface area contributed by atoms with Crippen LogP contribution in [0.25, 0.3) is 6.08 Å². The van der Waals surface area contributed by atoms with Crippen molar-refractivity contribution in [2.45, 2.75) is 0 Å². The number of rotatable bonds is 6. The topological polar surface area (TPSA) is 84.9 Å². The van der Waals surface area contributed by atoms with Crippen molar-refractivity contribution in [3.8, 4) is 11.5 Å². The molecule has 0 saturated heterocycles. The van der Waals surface area contributed by atoms with Crippen molar-refractivity contribution in [3.63, 3.8) is 0 Å². The Balaban J connectivity index is 2.13. The number of hydrogen-bond acceptors (Lipinski definition) is 4. The number of carbonyl (C=O) groups is 2. The van der Waals surface area contributed by atoms with Crippen LogP contribution >= 0.6 is 0 Å². The van der Waals surface area contributed by atoms with Gasteiger partial charge >= 0.3 is 5.97 Å². The van der Waals surface area contributed by atoms with Crippen LogP contribution in [0.15, 0.2) is 48.5 Å². The Morgan fingerprint density at radius 1 is 1.12 bits per heavy atom. The lowest BCUT2D eigenvalue weighted by molar-refractivity contribution is -0.111. The average Bonchev–Trinajstić information content (AvgIpc) is 2.62. The third kappa shape index (κ3) is 4.13. The molecule has 0 aliphatic carbocycles. The molecule has 0 unspecified atom stereocenters. The van der Waals surface area contributed by atoms with E-state index in [0.29, 0.717) is 17.1 Å². The van der Waals surface area contributed by atoms with E-state index in [1.54, 1.807) is 30.3 Å². The minimum Gasteiger partial charge on any atom is -0.493 e. The van der Waals surface area contributed by atoms with Crippen molar-refractivity contribution in [2.75, 3.05) is 19.5 Å². The summed E-state index contributed by atoms with van der Waals surface area (Å²) in [5, 5.41) is 11.6. The summed E-state index contributed by atoms with van der Waals surface area (Å²) in [6.45, 7) is 0. The summed E-state index contributed by atoms with van der Waals surface area (Å²) in [5.41, 5.74) is 0.816. The van der Waals surface area contributed by atoms with Crippen molar-refractivity contribution in [1.82, 2.24) is 0 Å². The zero-order valence-corrected chi connectivity index (χ0v) is 12.7. The van der Waals surface area contributed by atoms with Crippen LogP contribution in [0.4, 0.5) is 5.69 Å². The highest BCUT2D eigenvalue weighted by atomic mass is 16.5. The summed E-state index contributed by atoms with van der Waals surface area (Å²) in [6, 6.07) is 10.9. The van der Waals surface area contributed by atoms with E-state index in [0.717, 1.165) is 0 Å². The summed E-state index contributed by atoms with van der Waals surface area (Å²) < 4.78 is 24.4. The van der Waals surface area contributed by atoms with Crippen LogP contribution < -0.4 is 14.8 Å². The second kappa shape index (κ2) is 7.82. The summed E-state index contributed by atoms with van der Waals surface area (Å²) in [7, 11) is -0.594. The molecule has 0 aliphatic heterocycles. The quantitative estimate of drug-likeness (QED) is 0.796. The number of carboxylic acids is 1. The van der Waals surface area contributed by atoms with E-state index >= 15 is 0 Å². The number of ether oxygens (including phenoxy) is 2. The van der Waals surface area contributed by atoms with Gasteiger partial charge in [0.05, 0.1) is 28.2 Å². The predicted octanol–water partition coefficient (Wildman–Crippen LogP) is 3.05. The van der Waals surface area contributed by atoms with E-state index < -0.39 is 11.9 Å². The minimum atomic E-state index is -1.13. The molecule has 0 heterocycles. The van der Waals surface area contributed by atoms with Gasteiger partial charge in [-0.2, -0.15) is 0 Å². The van der Waals surface area contributed by atoms with E-state index in [9.17, 15) is 9.59 Å². The number of carbonyl (C=O) groups excluding carboxylic acids is 1. The number of nitrogens with one attached hydrogen (secondary N) is 1.